The molecule has 0 saturated carbocycles. The number of likely N-dealkylation sites (tertiary alicyclic amines) is 1. The zero-order chi connectivity index (χ0) is 27.6. The van der Waals surface area contributed by atoms with Crippen molar-refractivity contribution in [3.8, 4) is 11.5 Å². The molecule has 3 aromatic rings. The van der Waals surface area contributed by atoms with Crippen LogP contribution in [-0.2, 0) is 23.5 Å². The van der Waals surface area contributed by atoms with Crippen molar-refractivity contribution in [2.24, 2.45) is 10.9 Å². The lowest BCUT2D eigenvalue weighted by Crippen LogP contribution is -2.34. The van der Waals surface area contributed by atoms with Crippen LogP contribution in [0.15, 0.2) is 53.8 Å². The number of methoxy groups -OCH3 is 1. The highest BCUT2D eigenvalue weighted by Crippen LogP contribution is 2.49. The van der Waals surface area contributed by atoms with E-state index in [4.69, 9.17) is 36.8 Å². The fraction of sp³-hybridized carbons (Fsp3) is 0.379. The number of amidine groups is 1. The van der Waals surface area contributed by atoms with Crippen molar-refractivity contribution in [1.29, 1.82) is 0 Å². The van der Waals surface area contributed by atoms with E-state index in [1.807, 2.05) is 18.2 Å². The van der Waals surface area contributed by atoms with Crippen LogP contribution in [0.25, 0.3) is 0 Å². The number of nitrogens with two attached hydrogens (primary N) is 1. The molecule has 2 aliphatic heterocycles. The Morgan fingerprint density at radius 2 is 2.05 bits per heavy atom. The van der Waals surface area contributed by atoms with Crippen molar-refractivity contribution in [1.82, 2.24) is 9.88 Å². The van der Waals surface area contributed by atoms with E-state index >= 15 is 0 Å². The van der Waals surface area contributed by atoms with Crippen LogP contribution in [0.1, 0.15) is 53.6 Å². The van der Waals surface area contributed by atoms with Crippen LogP contribution < -0.4 is 15.2 Å². The summed E-state index contributed by atoms with van der Waals surface area (Å²) >= 11 is 5.95. The van der Waals surface area contributed by atoms with E-state index in [-0.39, 0.29) is 11.8 Å². The van der Waals surface area contributed by atoms with Crippen LogP contribution in [0.4, 0.5) is 4.39 Å². The van der Waals surface area contributed by atoms with Crippen molar-refractivity contribution in [3.63, 3.8) is 0 Å². The Hall–Kier alpha value is -3.40. The molecule has 1 aromatic heterocycles. The van der Waals surface area contributed by atoms with Crippen molar-refractivity contribution in [2.45, 2.75) is 44.4 Å². The lowest BCUT2D eigenvalue weighted by atomic mass is 9.88. The van der Waals surface area contributed by atoms with Crippen molar-refractivity contribution >= 4 is 17.4 Å². The second-order valence-electron chi connectivity index (χ2n) is 10.1. The minimum atomic E-state index is -1.27. The maximum Gasteiger partial charge on any atom is 0.278 e. The molecule has 3 N–H and O–H groups in total. The molecule has 2 aromatic carbocycles. The Morgan fingerprint density at radius 1 is 1.26 bits per heavy atom. The van der Waals surface area contributed by atoms with E-state index in [1.54, 1.807) is 32.4 Å². The van der Waals surface area contributed by atoms with Crippen molar-refractivity contribution in [3.05, 3.63) is 87.4 Å². The number of piperidine rings is 1. The first kappa shape index (κ1) is 27.2. The maximum absolute atomic E-state index is 14.7. The van der Waals surface area contributed by atoms with Gasteiger partial charge in [-0.05, 0) is 74.2 Å². The summed E-state index contributed by atoms with van der Waals surface area (Å²) in [5.41, 5.74) is 9.71. The third-order valence-corrected chi connectivity index (χ3v) is 7.71. The van der Waals surface area contributed by atoms with Gasteiger partial charge in [-0.3, -0.25) is 9.88 Å². The van der Waals surface area contributed by atoms with Gasteiger partial charge >= 0.3 is 0 Å². The molecule has 10 heteroatoms. The number of hydrogen-bond acceptors (Lipinski definition) is 7. The highest BCUT2D eigenvalue weighted by molar-refractivity contribution is 6.30. The van der Waals surface area contributed by atoms with Gasteiger partial charge in [0.25, 0.3) is 5.79 Å². The number of nitrogens with zero attached hydrogens (tertiary/aromatic N) is 3. The van der Waals surface area contributed by atoms with Crippen molar-refractivity contribution in [2.75, 3.05) is 26.8 Å². The van der Waals surface area contributed by atoms with Crippen molar-refractivity contribution < 1.29 is 23.8 Å². The van der Waals surface area contributed by atoms with Gasteiger partial charge in [0.1, 0.15) is 5.82 Å². The summed E-state index contributed by atoms with van der Waals surface area (Å²) in [5.74, 6) is -0.134. The number of oxime groups is 1. The third kappa shape index (κ3) is 5.66. The molecular weight excluding hydrogens is 523 g/mol. The number of fused-ring (bicyclic) bond motifs is 1. The van der Waals surface area contributed by atoms with Gasteiger partial charge in [0.15, 0.2) is 17.3 Å². The summed E-state index contributed by atoms with van der Waals surface area (Å²) in [6, 6.07) is 12.3. The van der Waals surface area contributed by atoms with Gasteiger partial charge in [0, 0.05) is 42.9 Å². The molecule has 0 bridgehead atoms. The molecule has 1 fully saturated rings. The van der Waals surface area contributed by atoms with E-state index in [0.717, 1.165) is 42.8 Å². The lowest BCUT2D eigenvalue weighted by Gasteiger charge is -2.33. The van der Waals surface area contributed by atoms with E-state index < -0.39 is 11.6 Å². The molecule has 39 heavy (non-hydrogen) atoms. The highest BCUT2D eigenvalue weighted by Gasteiger charge is 2.42. The molecule has 1 saturated heterocycles. The molecule has 0 spiro atoms. The van der Waals surface area contributed by atoms with Crippen LogP contribution in [0.2, 0.25) is 5.02 Å². The van der Waals surface area contributed by atoms with E-state index in [1.165, 1.54) is 6.07 Å². The lowest BCUT2D eigenvalue weighted by molar-refractivity contribution is -0.0712. The van der Waals surface area contributed by atoms with Crippen LogP contribution >= 0.6 is 11.6 Å². The molecule has 2 aliphatic rings. The van der Waals surface area contributed by atoms with E-state index in [2.05, 4.69) is 21.1 Å². The zero-order valence-corrected chi connectivity index (χ0v) is 22.7. The first-order valence-corrected chi connectivity index (χ1v) is 13.3. The number of halogens is 2. The predicted molar refractivity (Wildman–Crippen MR) is 146 cm³/mol. The van der Waals surface area contributed by atoms with Gasteiger partial charge in [-0.25, -0.2) is 4.39 Å². The Bertz CT molecular complexity index is 1380. The van der Waals surface area contributed by atoms with Crippen LogP contribution in [0.3, 0.4) is 0 Å². The fourth-order valence-corrected chi connectivity index (χ4v) is 5.52. The van der Waals surface area contributed by atoms with Gasteiger partial charge in [-0.1, -0.05) is 28.9 Å². The predicted octanol–water partition coefficient (Wildman–Crippen LogP) is 5.18. The summed E-state index contributed by atoms with van der Waals surface area (Å²) in [4.78, 5) is 7.01. The van der Waals surface area contributed by atoms with Gasteiger partial charge in [0.2, 0.25) is 0 Å². The van der Waals surface area contributed by atoms with Gasteiger partial charge in [-0.2, -0.15) is 0 Å². The number of benzene rings is 2. The monoisotopic (exact) mass is 554 g/mol. The Kier molecular flexibility index (Phi) is 7.93. The molecule has 0 radical (unpaired) electrons. The molecule has 1 atom stereocenters. The summed E-state index contributed by atoms with van der Waals surface area (Å²) in [6.07, 6.45) is 4.18. The summed E-state index contributed by atoms with van der Waals surface area (Å²) in [5, 5.41) is 12.4. The first-order valence-electron chi connectivity index (χ1n) is 12.9. The number of pyridine rings is 1. The molecule has 0 aliphatic carbocycles. The zero-order valence-electron chi connectivity index (χ0n) is 22.0. The molecule has 8 nitrogen and oxygen atoms in total. The number of ether oxygens (including phenoxy) is 3. The Balaban J connectivity index is 1.28. The van der Waals surface area contributed by atoms with Crippen LogP contribution in [-0.4, -0.2) is 47.7 Å². The van der Waals surface area contributed by atoms with Gasteiger partial charge in [-0.15, -0.1) is 0 Å². The second kappa shape index (κ2) is 11.4. The van der Waals surface area contributed by atoms with E-state index in [9.17, 15) is 4.39 Å². The Labute approximate surface area is 232 Å². The highest BCUT2D eigenvalue weighted by atomic mass is 35.5. The molecular formula is C29H32ClFN4O4. The molecule has 5 rings (SSSR count). The number of para-hydroxylation sites is 1. The minimum Gasteiger partial charge on any atom is -0.444 e. The molecule has 206 valence electrons. The fourth-order valence-electron chi connectivity index (χ4n) is 5.36. The smallest absolute Gasteiger partial charge is 0.278 e. The normalized spacial score (nSPS) is 19.9. The molecule has 1 unspecified atom stereocenters. The first-order chi connectivity index (χ1) is 18.8. The Morgan fingerprint density at radius 3 is 2.77 bits per heavy atom. The number of hydrogen-bond donors (Lipinski definition) is 2. The summed E-state index contributed by atoms with van der Waals surface area (Å²) in [6.45, 7) is 4.74. The molecule has 3 heterocycles. The topological polar surface area (TPSA) is 102 Å². The summed E-state index contributed by atoms with van der Waals surface area (Å²) < 4.78 is 32.5. The summed E-state index contributed by atoms with van der Waals surface area (Å²) in [7, 11) is 1.66. The SMILES string of the molecule is COCCc1cc(/C(N)=N/O)cnc1CN1CCC(c2cccc3c2OC(C)(c2ccc(Cl)cc2F)O3)CC1. The third-order valence-electron chi connectivity index (χ3n) is 7.47. The molecule has 0 amide bonds. The number of aromatic nitrogens is 1. The average Bonchev–Trinajstić information content (AvgIpc) is 3.29. The van der Waals surface area contributed by atoms with E-state index in [0.29, 0.717) is 47.2 Å². The largest absolute Gasteiger partial charge is 0.444 e. The number of rotatable bonds is 8. The maximum atomic E-state index is 14.7. The van der Waals surface area contributed by atoms with Gasteiger partial charge in [0.05, 0.1) is 17.9 Å². The van der Waals surface area contributed by atoms with Gasteiger partial charge < -0.3 is 25.2 Å². The average molecular weight is 555 g/mol. The van der Waals surface area contributed by atoms with Crippen LogP contribution in [0, 0.1) is 5.82 Å². The standard InChI is InChI=1S/C29H32ClFN4O4/c1-29(23-7-6-21(30)15-24(23)31)38-26-5-3-4-22(27(26)39-29)18-8-11-35(12-9-18)17-25-19(10-13-37-2)14-20(16-33-25)28(32)34-36/h3-7,14-16,18,36H,8-13,17H2,1-2H3,(H2,32,34). The minimum absolute atomic E-state index is 0.0324. The van der Waals surface area contributed by atoms with Crippen LogP contribution in [0.5, 0.6) is 11.5 Å². The quantitative estimate of drug-likeness (QED) is 0.171. The second-order valence-corrected chi connectivity index (χ2v) is 10.5.